The third kappa shape index (κ3) is 6.23. The first-order valence-electron chi connectivity index (χ1n) is 10.7. The molecule has 3 aromatic rings. The first-order chi connectivity index (χ1) is 17.0. The Balaban J connectivity index is 1.55. The van der Waals surface area contributed by atoms with Crippen molar-refractivity contribution in [3.05, 3.63) is 87.0 Å². The molecule has 9 heteroatoms. The van der Waals surface area contributed by atoms with Crippen molar-refractivity contribution in [3.63, 3.8) is 0 Å². The zero-order valence-corrected chi connectivity index (χ0v) is 21.4. The minimum atomic E-state index is -0.334. The van der Waals surface area contributed by atoms with Crippen LogP contribution < -0.4 is 19.5 Å². The van der Waals surface area contributed by atoms with Crippen LogP contribution in [0.5, 0.6) is 17.2 Å². The summed E-state index contributed by atoms with van der Waals surface area (Å²) in [6, 6.07) is 17.3. The van der Waals surface area contributed by atoms with Gasteiger partial charge in [0.25, 0.3) is 5.91 Å². The van der Waals surface area contributed by atoms with Crippen molar-refractivity contribution in [1.29, 1.82) is 0 Å². The van der Waals surface area contributed by atoms with E-state index in [1.807, 2.05) is 25.1 Å². The van der Waals surface area contributed by atoms with Crippen LogP contribution in [0.4, 0.5) is 10.1 Å². The highest BCUT2D eigenvalue weighted by Gasteiger charge is 2.24. The van der Waals surface area contributed by atoms with Gasteiger partial charge in [-0.15, -0.1) is 0 Å². The van der Waals surface area contributed by atoms with Gasteiger partial charge in [0.2, 0.25) is 0 Å². The third-order valence-electron chi connectivity index (χ3n) is 4.91. The second kappa shape index (κ2) is 11.4. The maximum Gasteiger partial charge on any atom is 0.264 e. The number of hydrogen-bond acceptors (Lipinski definition) is 6. The Hall–Kier alpha value is -3.30. The molecule has 1 amide bonds. The summed E-state index contributed by atoms with van der Waals surface area (Å²) in [5.41, 5.74) is 1.88. The van der Waals surface area contributed by atoms with E-state index in [1.165, 1.54) is 17.8 Å². The summed E-state index contributed by atoms with van der Waals surface area (Å²) in [5, 5.41) is 3.27. The van der Waals surface area contributed by atoms with Crippen LogP contribution in [0.2, 0.25) is 0 Å². The van der Waals surface area contributed by atoms with Crippen LogP contribution in [0.15, 0.2) is 75.0 Å². The Kier molecular flexibility index (Phi) is 8.09. The Morgan fingerprint density at radius 1 is 1.11 bits per heavy atom. The first-order valence-corrected chi connectivity index (χ1v) is 12.3. The molecule has 1 N–H and O–H groups in total. The molecule has 0 radical (unpaired) electrons. The van der Waals surface area contributed by atoms with E-state index in [9.17, 15) is 9.18 Å². The third-order valence-corrected chi connectivity index (χ3v) is 6.41. The van der Waals surface area contributed by atoms with E-state index in [2.05, 4.69) is 26.2 Å². The molecule has 0 aromatic heterocycles. The number of rotatable bonds is 8. The van der Waals surface area contributed by atoms with Crippen LogP contribution in [-0.2, 0) is 11.4 Å². The fourth-order valence-corrected chi connectivity index (χ4v) is 4.66. The van der Waals surface area contributed by atoms with E-state index < -0.39 is 0 Å². The molecule has 1 fully saturated rings. The highest BCUT2D eigenvalue weighted by atomic mass is 79.9. The normalized spacial score (nSPS) is 15.4. The average Bonchev–Trinajstić information content (AvgIpc) is 3.18. The van der Waals surface area contributed by atoms with Crippen LogP contribution in [0.1, 0.15) is 18.1 Å². The number of amidine groups is 1. The predicted octanol–water partition coefficient (Wildman–Crippen LogP) is 6.47. The van der Waals surface area contributed by atoms with E-state index in [0.29, 0.717) is 43.9 Å². The van der Waals surface area contributed by atoms with E-state index >= 15 is 0 Å². The smallest absolute Gasteiger partial charge is 0.264 e. The van der Waals surface area contributed by atoms with Crippen molar-refractivity contribution < 1.29 is 23.4 Å². The summed E-state index contributed by atoms with van der Waals surface area (Å²) in [7, 11) is 1.60. The molecule has 1 aliphatic heterocycles. The molecule has 1 saturated heterocycles. The summed E-state index contributed by atoms with van der Waals surface area (Å²) in [4.78, 5) is 17.5. The highest BCUT2D eigenvalue weighted by Crippen LogP contribution is 2.39. The van der Waals surface area contributed by atoms with Gasteiger partial charge in [-0.1, -0.05) is 18.2 Å². The number of methoxy groups -OCH3 is 1. The molecule has 3 aromatic carbocycles. The molecule has 0 unspecified atom stereocenters. The van der Waals surface area contributed by atoms with Gasteiger partial charge in [0.05, 0.1) is 28.8 Å². The number of benzene rings is 3. The molecular weight excluding hydrogens is 535 g/mol. The maximum absolute atomic E-state index is 14.0. The minimum absolute atomic E-state index is 0.0508. The van der Waals surface area contributed by atoms with Crippen molar-refractivity contribution in [3.8, 4) is 17.2 Å². The lowest BCUT2D eigenvalue weighted by Crippen LogP contribution is -2.19. The summed E-state index contributed by atoms with van der Waals surface area (Å²) >= 11 is 4.77. The van der Waals surface area contributed by atoms with Gasteiger partial charge in [0.15, 0.2) is 16.7 Å². The van der Waals surface area contributed by atoms with Crippen LogP contribution in [0, 0.1) is 5.82 Å². The van der Waals surface area contributed by atoms with Crippen molar-refractivity contribution in [2.75, 3.05) is 13.7 Å². The van der Waals surface area contributed by atoms with E-state index in [0.717, 1.165) is 11.3 Å². The van der Waals surface area contributed by atoms with Gasteiger partial charge in [-0.3, -0.25) is 4.79 Å². The molecular formula is C26H22BrFN2O4S. The zero-order chi connectivity index (χ0) is 24.8. The molecule has 1 aliphatic rings. The number of ether oxygens (including phenoxy) is 3. The summed E-state index contributed by atoms with van der Waals surface area (Å²) in [6.07, 6.45) is 1.75. The van der Waals surface area contributed by atoms with Crippen LogP contribution in [0.25, 0.3) is 6.08 Å². The second-order valence-electron chi connectivity index (χ2n) is 7.32. The SMILES string of the molecule is CCOc1cc(/C=C2/SC(=Nc3ccc(OC)cc3)NC2=O)cc(Br)c1OCc1ccccc1F. The number of nitrogens with one attached hydrogen (secondary N) is 1. The monoisotopic (exact) mass is 556 g/mol. The molecule has 6 nitrogen and oxygen atoms in total. The summed E-state index contributed by atoms with van der Waals surface area (Å²) in [5.74, 6) is 1.10. The fraction of sp³-hybridized carbons (Fsp3) is 0.154. The number of aliphatic imine (C=N–C) groups is 1. The minimum Gasteiger partial charge on any atom is -0.497 e. The van der Waals surface area contributed by atoms with Crippen molar-refractivity contribution in [2.45, 2.75) is 13.5 Å². The fourth-order valence-electron chi connectivity index (χ4n) is 3.25. The van der Waals surface area contributed by atoms with Crippen molar-refractivity contribution >= 4 is 50.5 Å². The Morgan fingerprint density at radius 3 is 2.60 bits per heavy atom. The van der Waals surface area contributed by atoms with Gasteiger partial charge >= 0.3 is 0 Å². The van der Waals surface area contributed by atoms with Gasteiger partial charge in [0.1, 0.15) is 18.2 Å². The van der Waals surface area contributed by atoms with E-state index in [4.69, 9.17) is 14.2 Å². The van der Waals surface area contributed by atoms with E-state index in [-0.39, 0.29) is 18.3 Å². The number of nitrogens with zero attached hydrogens (tertiary/aromatic N) is 1. The topological polar surface area (TPSA) is 69.2 Å². The van der Waals surface area contributed by atoms with Gasteiger partial charge in [-0.05, 0) is 88.7 Å². The lowest BCUT2D eigenvalue weighted by molar-refractivity contribution is -0.115. The van der Waals surface area contributed by atoms with Crippen LogP contribution in [-0.4, -0.2) is 24.8 Å². The number of halogens is 2. The lowest BCUT2D eigenvalue weighted by atomic mass is 10.1. The number of carbonyl (C=O) groups excluding carboxylic acids is 1. The zero-order valence-electron chi connectivity index (χ0n) is 19.0. The molecule has 1 heterocycles. The van der Waals surface area contributed by atoms with Gasteiger partial charge in [-0.2, -0.15) is 0 Å². The molecule has 35 heavy (non-hydrogen) atoms. The first kappa shape index (κ1) is 24.8. The summed E-state index contributed by atoms with van der Waals surface area (Å²) < 4.78 is 31.4. The van der Waals surface area contributed by atoms with E-state index in [1.54, 1.807) is 49.6 Å². The molecule has 180 valence electrons. The van der Waals surface area contributed by atoms with Crippen molar-refractivity contribution in [1.82, 2.24) is 5.32 Å². The standard InChI is InChI=1S/C26H22BrFN2O4S/c1-3-33-22-13-16(12-20(27)24(22)34-15-17-6-4-5-7-21(17)28)14-23-25(31)30-26(35-23)29-18-8-10-19(32-2)11-9-18/h4-14H,3,15H2,1-2H3,(H,29,30,31)/b23-14+. The number of thioether (sulfide) groups is 1. The Labute approximate surface area is 215 Å². The number of carbonyl (C=O) groups is 1. The number of hydrogen-bond donors (Lipinski definition) is 1. The average molecular weight is 557 g/mol. The second-order valence-corrected chi connectivity index (χ2v) is 9.21. The predicted molar refractivity (Wildman–Crippen MR) is 140 cm³/mol. The van der Waals surface area contributed by atoms with Gasteiger partial charge in [-0.25, -0.2) is 9.38 Å². The van der Waals surface area contributed by atoms with Crippen LogP contribution in [0.3, 0.4) is 0 Å². The number of amides is 1. The quantitative estimate of drug-likeness (QED) is 0.322. The maximum atomic E-state index is 14.0. The molecule has 0 bridgehead atoms. The Morgan fingerprint density at radius 2 is 1.89 bits per heavy atom. The molecule has 4 rings (SSSR count). The highest BCUT2D eigenvalue weighted by molar-refractivity contribution is 9.10. The Bertz CT molecular complexity index is 1300. The van der Waals surface area contributed by atoms with Gasteiger partial charge in [0, 0.05) is 5.56 Å². The summed E-state index contributed by atoms with van der Waals surface area (Å²) in [6.45, 7) is 2.33. The molecule has 0 saturated carbocycles. The van der Waals surface area contributed by atoms with Crippen molar-refractivity contribution in [2.24, 2.45) is 4.99 Å². The molecule has 0 aliphatic carbocycles. The molecule has 0 atom stereocenters. The largest absolute Gasteiger partial charge is 0.497 e. The van der Waals surface area contributed by atoms with Gasteiger partial charge < -0.3 is 19.5 Å². The lowest BCUT2D eigenvalue weighted by Gasteiger charge is -2.15. The molecule has 0 spiro atoms. The van der Waals surface area contributed by atoms with Crippen LogP contribution >= 0.6 is 27.7 Å².